The third-order valence-corrected chi connectivity index (χ3v) is 2.96. The highest BCUT2D eigenvalue weighted by atomic mass is 79.9. The number of rotatable bonds is 3. The molecular weight excluding hydrogens is 303 g/mol. The molecular formula is C12H10BrFN2S. The smallest absolute Gasteiger partial charge is 0.132 e. The maximum Gasteiger partial charge on any atom is 0.132 e. The van der Waals surface area contributed by atoms with E-state index in [-0.39, 0.29) is 5.82 Å². The van der Waals surface area contributed by atoms with Gasteiger partial charge in [-0.3, -0.25) is 0 Å². The summed E-state index contributed by atoms with van der Waals surface area (Å²) < 4.78 is 14.5. The first-order chi connectivity index (χ1) is 8.20. The van der Waals surface area contributed by atoms with Gasteiger partial charge in [0.25, 0.3) is 0 Å². The highest BCUT2D eigenvalue weighted by Gasteiger charge is 2.08. The van der Waals surface area contributed by atoms with Crippen LogP contribution in [0.25, 0.3) is 11.3 Å². The zero-order valence-electron chi connectivity index (χ0n) is 8.90. The van der Waals surface area contributed by atoms with Gasteiger partial charge in [-0.1, -0.05) is 15.9 Å². The molecule has 0 unspecified atom stereocenters. The van der Waals surface area contributed by atoms with E-state index in [1.54, 1.807) is 24.4 Å². The number of hydrogen-bond donors (Lipinski definition) is 1. The molecule has 2 aromatic rings. The highest BCUT2D eigenvalue weighted by molar-refractivity contribution is 9.10. The second kappa shape index (κ2) is 5.60. The number of thiol groups is 1. The van der Waals surface area contributed by atoms with Crippen LogP contribution in [0.5, 0.6) is 0 Å². The molecule has 2 nitrogen and oxygen atoms in total. The monoisotopic (exact) mass is 312 g/mol. The Morgan fingerprint density at radius 1 is 1.29 bits per heavy atom. The first-order valence-electron chi connectivity index (χ1n) is 5.09. The Kier molecular flexibility index (Phi) is 4.12. The topological polar surface area (TPSA) is 25.8 Å². The fourth-order valence-corrected chi connectivity index (χ4v) is 2.02. The van der Waals surface area contributed by atoms with Crippen molar-refractivity contribution in [2.45, 2.75) is 6.42 Å². The number of aryl methyl sites for hydroxylation is 1. The molecule has 0 aliphatic carbocycles. The number of nitrogens with zero attached hydrogens (tertiary/aromatic N) is 2. The Morgan fingerprint density at radius 3 is 2.88 bits per heavy atom. The van der Waals surface area contributed by atoms with Crippen molar-refractivity contribution in [1.82, 2.24) is 9.97 Å². The predicted molar refractivity (Wildman–Crippen MR) is 72.7 cm³/mol. The zero-order valence-corrected chi connectivity index (χ0v) is 11.4. The SMILES string of the molecule is Fc1ccc(Br)cc1-c1ccnc(CCS)n1. The minimum atomic E-state index is -0.288. The summed E-state index contributed by atoms with van der Waals surface area (Å²) in [6, 6.07) is 6.49. The standard InChI is InChI=1S/C12H10BrFN2S/c13-8-1-2-10(14)9(7-8)11-3-5-15-12(16-11)4-6-17/h1-3,5,7,17H,4,6H2. The van der Waals surface area contributed by atoms with E-state index in [0.717, 1.165) is 4.47 Å². The third kappa shape index (κ3) is 3.04. The lowest BCUT2D eigenvalue weighted by molar-refractivity contribution is 0.630. The Bertz CT molecular complexity index is 534. The van der Waals surface area contributed by atoms with Gasteiger partial charge in [0.1, 0.15) is 11.6 Å². The molecule has 5 heteroatoms. The summed E-state index contributed by atoms with van der Waals surface area (Å²) in [4.78, 5) is 8.43. The average Bonchev–Trinajstić information content (AvgIpc) is 2.33. The van der Waals surface area contributed by atoms with Crippen LogP contribution in [0, 0.1) is 5.82 Å². The van der Waals surface area contributed by atoms with E-state index in [9.17, 15) is 4.39 Å². The van der Waals surface area contributed by atoms with Crippen LogP contribution in [-0.4, -0.2) is 15.7 Å². The molecule has 0 atom stereocenters. The molecule has 0 amide bonds. The predicted octanol–water partition coefficient (Wildman–Crippen LogP) is 3.52. The van der Waals surface area contributed by atoms with Crippen molar-refractivity contribution >= 4 is 28.6 Å². The van der Waals surface area contributed by atoms with Crippen molar-refractivity contribution < 1.29 is 4.39 Å². The van der Waals surface area contributed by atoms with Crippen LogP contribution in [-0.2, 0) is 6.42 Å². The van der Waals surface area contributed by atoms with E-state index < -0.39 is 0 Å². The molecule has 0 bridgehead atoms. The fourth-order valence-electron chi connectivity index (χ4n) is 1.46. The van der Waals surface area contributed by atoms with Crippen LogP contribution in [0.15, 0.2) is 34.9 Å². The molecule has 0 radical (unpaired) electrons. The number of benzene rings is 1. The van der Waals surface area contributed by atoms with Crippen molar-refractivity contribution in [2.24, 2.45) is 0 Å². The van der Waals surface area contributed by atoms with Crippen LogP contribution < -0.4 is 0 Å². The minimum absolute atomic E-state index is 0.288. The average molecular weight is 313 g/mol. The van der Waals surface area contributed by atoms with Gasteiger partial charge in [-0.2, -0.15) is 12.6 Å². The lowest BCUT2D eigenvalue weighted by Gasteiger charge is -2.05. The van der Waals surface area contributed by atoms with Gasteiger partial charge in [0.05, 0.1) is 5.69 Å². The van der Waals surface area contributed by atoms with Gasteiger partial charge in [0, 0.05) is 22.7 Å². The van der Waals surface area contributed by atoms with Crippen LogP contribution in [0.3, 0.4) is 0 Å². The Labute approximate surface area is 113 Å². The molecule has 88 valence electrons. The largest absolute Gasteiger partial charge is 0.241 e. The van der Waals surface area contributed by atoms with Gasteiger partial charge in [-0.05, 0) is 30.0 Å². The maximum absolute atomic E-state index is 13.7. The summed E-state index contributed by atoms with van der Waals surface area (Å²) in [5.74, 6) is 1.06. The molecule has 1 aromatic heterocycles. The maximum atomic E-state index is 13.7. The fraction of sp³-hybridized carbons (Fsp3) is 0.167. The molecule has 0 saturated carbocycles. The number of hydrogen-bond acceptors (Lipinski definition) is 3. The molecule has 0 N–H and O–H groups in total. The molecule has 0 aliphatic heterocycles. The Balaban J connectivity index is 2.45. The van der Waals surface area contributed by atoms with Crippen molar-refractivity contribution in [1.29, 1.82) is 0 Å². The summed E-state index contributed by atoms with van der Waals surface area (Å²) in [6.45, 7) is 0. The molecule has 1 heterocycles. The van der Waals surface area contributed by atoms with Crippen molar-refractivity contribution in [3.05, 3.63) is 46.6 Å². The number of halogens is 2. The quantitative estimate of drug-likeness (QED) is 0.878. The normalized spacial score (nSPS) is 10.5. The molecule has 2 rings (SSSR count). The van der Waals surface area contributed by atoms with Crippen molar-refractivity contribution in [2.75, 3.05) is 5.75 Å². The van der Waals surface area contributed by atoms with Gasteiger partial charge in [-0.25, -0.2) is 14.4 Å². The van der Waals surface area contributed by atoms with E-state index in [2.05, 4.69) is 38.5 Å². The van der Waals surface area contributed by atoms with E-state index in [0.29, 0.717) is 29.3 Å². The van der Waals surface area contributed by atoms with E-state index in [1.165, 1.54) is 6.07 Å². The minimum Gasteiger partial charge on any atom is -0.241 e. The van der Waals surface area contributed by atoms with Crippen molar-refractivity contribution in [3.63, 3.8) is 0 Å². The Hall–Kier alpha value is -0.940. The van der Waals surface area contributed by atoms with Gasteiger partial charge < -0.3 is 0 Å². The van der Waals surface area contributed by atoms with E-state index >= 15 is 0 Å². The molecule has 0 aliphatic rings. The summed E-state index contributed by atoms with van der Waals surface area (Å²) in [6.07, 6.45) is 2.31. The van der Waals surface area contributed by atoms with E-state index in [4.69, 9.17) is 0 Å². The van der Waals surface area contributed by atoms with Crippen LogP contribution >= 0.6 is 28.6 Å². The summed E-state index contributed by atoms with van der Waals surface area (Å²) in [5, 5.41) is 0. The molecule has 17 heavy (non-hydrogen) atoms. The van der Waals surface area contributed by atoms with Gasteiger partial charge in [0.15, 0.2) is 0 Å². The molecule has 0 fully saturated rings. The lowest BCUT2D eigenvalue weighted by Crippen LogP contribution is -1.98. The third-order valence-electron chi connectivity index (χ3n) is 2.25. The van der Waals surface area contributed by atoms with Gasteiger partial charge in [-0.15, -0.1) is 0 Å². The summed E-state index contributed by atoms with van der Waals surface area (Å²) in [7, 11) is 0. The Morgan fingerprint density at radius 2 is 2.12 bits per heavy atom. The van der Waals surface area contributed by atoms with Gasteiger partial charge in [0.2, 0.25) is 0 Å². The van der Waals surface area contributed by atoms with Crippen LogP contribution in [0.2, 0.25) is 0 Å². The zero-order chi connectivity index (χ0) is 12.3. The summed E-state index contributed by atoms with van der Waals surface area (Å²) in [5.41, 5.74) is 1.07. The van der Waals surface area contributed by atoms with E-state index in [1.807, 2.05) is 0 Å². The second-order valence-corrected chi connectivity index (χ2v) is 4.82. The van der Waals surface area contributed by atoms with Gasteiger partial charge >= 0.3 is 0 Å². The first kappa shape index (κ1) is 12.5. The highest BCUT2D eigenvalue weighted by Crippen LogP contribution is 2.24. The molecule has 0 saturated heterocycles. The van der Waals surface area contributed by atoms with Crippen LogP contribution in [0.1, 0.15) is 5.82 Å². The summed E-state index contributed by atoms with van der Waals surface area (Å²) >= 11 is 7.45. The first-order valence-corrected chi connectivity index (χ1v) is 6.51. The van der Waals surface area contributed by atoms with Crippen LogP contribution in [0.4, 0.5) is 4.39 Å². The lowest BCUT2D eigenvalue weighted by atomic mass is 10.1. The molecule has 1 aromatic carbocycles. The van der Waals surface area contributed by atoms with Crippen molar-refractivity contribution in [3.8, 4) is 11.3 Å². The second-order valence-electron chi connectivity index (χ2n) is 3.46. The number of aromatic nitrogens is 2. The molecule has 0 spiro atoms.